The molecule has 6 heteroatoms. The second kappa shape index (κ2) is 5.13. The highest BCUT2D eigenvalue weighted by atomic mass is 16.1. The van der Waals surface area contributed by atoms with Gasteiger partial charge in [-0.15, -0.1) is 0 Å². The highest BCUT2D eigenvalue weighted by Crippen LogP contribution is 2.09. The molecular weight excluding hydrogens is 206 g/mol. The maximum Gasteiger partial charge on any atom is 0.280 e. The monoisotopic (exact) mass is 213 g/mol. The zero-order valence-corrected chi connectivity index (χ0v) is 8.14. The molecule has 16 heavy (non-hydrogen) atoms. The lowest BCUT2D eigenvalue weighted by Crippen LogP contribution is -2.22. The molecule has 6 nitrogen and oxygen atoms in total. The van der Waals surface area contributed by atoms with Crippen LogP contribution >= 0.6 is 0 Å². The van der Waals surface area contributed by atoms with Crippen LogP contribution in [0.5, 0.6) is 0 Å². The Morgan fingerprint density at radius 1 is 1.44 bits per heavy atom. The molecule has 1 amide bonds. The smallest absolute Gasteiger partial charge is 0.280 e. The maximum atomic E-state index is 10.7. The van der Waals surface area contributed by atoms with E-state index in [4.69, 9.17) is 16.3 Å². The first-order chi connectivity index (χ1) is 7.67. The molecule has 0 radical (unpaired) electrons. The summed E-state index contributed by atoms with van der Waals surface area (Å²) in [5, 5.41) is 20.6. The van der Waals surface area contributed by atoms with Gasteiger partial charge in [0.25, 0.3) is 5.91 Å². The fourth-order valence-corrected chi connectivity index (χ4v) is 0.914. The molecule has 0 unspecified atom stereocenters. The van der Waals surface area contributed by atoms with Crippen molar-refractivity contribution in [2.45, 2.75) is 0 Å². The largest absolute Gasteiger partial charge is 0.364 e. The van der Waals surface area contributed by atoms with Crippen molar-refractivity contribution < 1.29 is 4.79 Å². The topological polar surface area (TPSA) is 115 Å². The number of hydrazone groups is 1. The van der Waals surface area contributed by atoms with Crippen LogP contribution in [-0.2, 0) is 4.79 Å². The third-order valence-corrected chi connectivity index (χ3v) is 1.63. The van der Waals surface area contributed by atoms with Crippen molar-refractivity contribution in [1.82, 2.24) is 0 Å². The number of hydrogen-bond acceptors (Lipinski definition) is 5. The number of rotatable bonds is 3. The van der Waals surface area contributed by atoms with Crippen molar-refractivity contribution >= 4 is 17.3 Å². The van der Waals surface area contributed by atoms with Gasteiger partial charge >= 0.3 is 0 Å². The van der Waals surface area contributed by atoms with Crippen LogP contribution in [0.25, 0.3) is 0 Å². The van der Waals surface area contributed by atoms with E-state index in [9.17, 15) is 4.79 Å². The second-order valence-electron chi connectivity index (χ2n) is 2.74. The number of primary amides is 1. The van der Waals surface area contributed by atoms with Crippen molar-refractivity contribution in [3.05, 3.63) is 29.8 Å². The maximum absolute atomic E-state index is 10.7. The minimum absolute atomic E-state index is 0.428. The number of hydrogen-bond donors (Lipinski definition) is 2. The van der Waals surface area contributed by atoms with Gasteiger partial charge in [0.05, 0.1) is 17.3 Å². The quantitative estimate of drug-likeness (QED) is 0.556. The summed E-state index contributed by atoms with van der Waals surface area (Å²) in [4.78, 5) is 10.7. The zero-order chi connectivity index (χ0) is 12.0. The van der Waals surface area contributed by atoms with E-state index in [1.54, 1.807) is 24.3 Å². The fourth-order valence-electron chi connectivity index (χ4n) is 0.914. The lowest BCUT2D eigenvalue weighted by Gasteiger charge is -1.99. The standard InChI is InChI=1S/C10H7N5O/c11-5-7-2-1-3-8(4-7)14-15-9(6-12)10(13)16/h1-4,14H,(H2,13,16)/b15-9-. The molecule has 0 aliphatic heterocycles. The lowest BCUT2D eigenvalue weighted by molar-refractivity contribution is -0.111. The van der Waals surface area contributed by atoms with E-state index in [2.05, 4.69) is 10.5 Å². The van der Waals surface area contributed by atoms with Crippen LogP contribution in [0.15, 0.2) is 29.4 Å². The molecular formula is C10H7N5O. The van der Waals surface area contributed by atoms with E-state index < -0.39 is 11.6 Å². The van der Waals surface area contributed by atoms with E-state index in [0.717, 1.165) is 0 Å². The van der Waals surface area contributed by atoms with Crippen LogP contribution in [0.4, 0.5) is 5.69 Å². The first kappa shape index (κ1) is 11.2. The van der Waals surface area contributed by atoms with Gasteiger partial charge in [0.1, 0.15) is 6.07 Å². The van der Waals surface area contributed by atoms with Crippen LogP contribution in [0.3, 0.4) is 0 Å². The second-order valence-corrected chi connectivity index (χ2v) is 2.74. The zero-order valence-electron chi connectivity index (χ0n) is 8.14. The van der Waals surface area contributed by atoms with Gasteiger partial charge in [-0.3, -0.25) is 10.2 Å². The summed E-state index contributed by atoms with van der Waals surface area (Å²) >= 11 is 0. The summed E-state index contributed by atoms with van der Waals surface area (Å²) in [5.41, 5.74) is 7.86. The number of carbonyl (C=O) groups excluding carboxylic acids is 1. The number of nitriles is 2. The normalized spacial score (nSPS) is 10.0. The molecule has 0 saturated heterocycles. The van der Waals surface area contributed by atoms with Gasteiger partial charge in [0.15, 0.2) is 0 Å². The molecule has 0 heterocycles. The van der Waals surface area contributed by atoms with Gasteiger partial charge in [-0.05, 0) is 18.2 Å². The molecule has 0 saturated carbocycles. The molecule has 0 fully saturated rings. The molecule has 1 aromatic rings. The van der Waals surface area contributed by atoms with Crippen LogP contribution < -0.4 is 11.2 Å². The Morgan fingerprint density at radius 2 is 2.19 bits per heavy atom. The highest BCUT2D eigenvalue weighted by Gasteiger charge is 2.04. The Bertz CT molecular complexity index is 521. The Kier molecular flexibility index (Phi) is 3.59. The van der Waals surface area contributed by atoms with Crippen molar-refractivity contribution in [1.29, 1.82) is 10.5 Å². The lowest BCUT2D eigenvalue weighted by atomic mass is 10.2. The molecule has 78 valence electrons. The number of nitrogens with two attached hydrogens (primary N) is 1. The van der Waals surface area contributed by atoms with Gasteiger partial charge in [0, 0.05) is 0 Å². The highest BCUT2D eigenvalue weighted by molar-refractivity contribution is 6.44. The molecule has 1 rings (SSSR count). The van der Waals surface area contributed by atoms with Crippen LogP contribution in [0.1, 0.15) is 5.56 Å². The molecule has 0 atom stereocenters. The van der Waals surface area contributed by atoms with Crippen molar-refractivity contribution in [3.8, 4) is 12.1 Å². The minimum atomic E-state index is -0.911. The average Bonchev–Trinajstić information content (AvgIpc) is 2.29. The first-order valence-electron chi connectivity index (χ1n) is 4.21. The third-order valence-electron chi connectivity index (χ3n) is 1.63. The summed E-state index contributed by atoms with van der Waals surface area (Å²) in [6.07, 6.45) is 0. The van der Waals surface area contributed by atoms with E-state index in [0.29, 0.717) is 11.3 Å². The van der Waals surface area contributed by atoms with Gasteiger partial charge in [0.2, 0.25) is 5.71 Å². The molecule has 3 N–H and O–H groups in total. The van der Waals surface area contributed by atoms with Crippen LogP contribution in [0, 0.1) is 22.7 Å². The number of anilines is 1. The number of benzene rings is 1. The van der Waals surface area contributed by atoms with E-state index in [1.807, 2.05) is 6.07 Å². The predicted molar refractivity (Wildman–Crippen MR) is 57.0 cm³/mol. The van der Waals surface area contributed by atoms with Crippen molar-refractivity contribution in [2.24, 2.45) is 10.8 Å². The number of nitrogens with one attached hydrogen (secondary N) is 1. The first-order valence-corrected chi connectivity index (χ1v) is 4.21. The summed E-state index contributed by atoms with van der Waals surface area (Å²) in [5.74, 6) is -0.911. The molecule has 0 aliphatic rings. The predicted octanol–water partition coefficient (Wildman–Crippen LogP) is 0.335. The molecule has 1 aromatic carbocycles. The van der Waals surface area contributed by atoms with Crippen molar-refractivity contribution in [3.63, 3.8) is 0 Å². The Labute approximate surface area is 91.6 Å². The SMILES string of the molecule is N#C/C(=N/Nc1cccc(C#N)c1)C(N)=O. The van der Waals surface area contributed by atoms with Gasteiger partial charge in [-0.1, -0.05) is 6.07 Å². The van der Waals surface area contributed by atoms with E-state index >= 15 is 0 Å². The van der Waals surface area contributed by atoms with E-state index in [1.165, 1.54) is 6.07 Å². The molecule has 0 bridgehead atoms. The van der Waals surface area contributed by atoms with Crippen molar-refractivity contribution in [2.75, 3.05) is 5.43 Å². The fraction of sp³-hybridized carbons (Fsp3) is 0. The van der Waals surface area contributed by atoms with Crippen LogP contribution in [0.2, 0.25) is 0 Å². The average molecular weight is 213 g/mol. The summed E-state index contributed by atoms with van der Waals surface area (Å²) in [7, 11) is 0. The van der Waals surface area contributed by atoms with Gasteiger partial charge < -0.3 is 5.73 Å². The molecule has 0 spiro atoms. The molecule has 0 aromatic heterocycles. The van der Waals surface area contributed by atoms with Gasteiger partial charge in [-0.25, -0.2) is 0 Å². The van der Waals surface area contributed by atoms with Gasteiger partial charge in [-0.2, -0.15) is 15.6 Å². The van der Waals surface area contributed by atoms with Crippen LogP contribution in [-0.4, -0.2) is 11.6 Å². The summed E-state index contributed by atoms with van der Waals surface area (Å²) in [6, 6.07) is 9.93. The molecule has 0 aliphatic carbocycles. The third kappa shape index (κ3) is 2.82. The number of nitrogens with zero attached hydrogens (tertiary/aromatic N) is 3. The number of carbonyl (C=O) groups is 1. The summed E-state index contributed by atoms with van der Waals surface area (Å²) < 4.78 is 0. The Morgan fingerprint density at radius 3 is 2.75 bits per heavy atom. The Hall–Kier alpha value is -2.86. The number of amides is 1. The minimum Gasteiger partial charge on any atom is -0.364 e. The summed E-state index contributed by atoms with van der Waals surface area (Å²) in [6.45, 7) is 0. The Balaban J connectivity index is 2.86. The van der Waals surface area contributed by atoms with E-state index in [-0.39, 0.29) is 0 Å².